The highest BCUT2D eigenvalue weighted by atomic mass is 16.2. The van der Waals surface area contributed by atoms with Gasteiger partial charge in [-0.3, -0.25) is 14.7 Å². The normalized spacial score (nSPS) is 16.9. The molecule has 3 heterocycles. The Hall–Kier alpha value is -3.42. The molecule has 2 amide bonds. The van der Waals surface area contributed by atoms with E-state index in [0.717, 1.165) is 30.5 Å². The van der Waals surface area contributed by atoms with Gasteiger partial charge in [0.25, 0.3) is 11.8 Å². The number of amides is 2. The van der Waals surface area contributed by atoms with Crippen LogP contribution in [0.2, 0.25) is 0 Å². The van der Waals surface area contributed by atoms with Gasteiger partial charge in [0.1, 0.15) is 5.69 Å². The molecule has 0 saturated carbocycles. The van der Waals surface area contributed by atoms with Crippen LogP contribution in [0.4, 0.5) is 0 Å². The van der Waals surface area contributed by atoms with Gasteiger partial charge in [-0.05, 0) is 43.0 Å². The fraction of sp³-hybridized carbons (Fsp3) is 0.300. The first kappa shape index (κ1) is 18.0. The molecule has 4 rings (SSSR count). The Morgan fingerprint density at radius 2 is 2.04 bits per heavy atom. The van der Waals surface area contributed by atoms with E-state index in [1.54, 1.807) is 18.6 Å². The number of carbonyl (C=O) groups excluding carboxylic acids is 2. The molecule has 144 valence electrons. The summed E-state index contributed by atoms with van der Waals surface area (Å²) in [6.07, 6.45) is 8.21. The molecule has 1 unspecified atom stereocenters. The van der Waals surface area contributed by atoms with E-state index in [1.807, 2.05) is 39.9 Å². The van der Waals surface area contributed by atoms with Gasteiger partial charge in [-0.15, -0.1) is 0 Å². The predicted molar refractivity (Wildman–Crippen MR) is 103 cm³/mol. The first-order valence-electron chi connectivity index (χ1n) is 9.32. The zero-order valence-electron chi connectivity index (χ0n) is 15.4. The average molecular weight is 378 g/mol. The molecule has 3 N–H and O–H groups in total. The second-order valence-electron chi connectivity index (χ2n) is 7.01. The lowest BCUT2D eigenvalue weighted by Gasteiger charge is -2.35. The summed E-state index contributed by atoms with van der Waals surface area (Å²) in [5.41, 5.74) is 7.99. The number of piperidine rings is 1. The SMILES string of the molecule is NC(=O)c1cc(C2CCCCN2C(=O)c2ccc(Cn3ccnc3)cc2)[nH]n1. The fourth-order valence-corrected chi connectivity index (χ4v) is 3.64. The monoisotopic (exact) mass is 378 g/mol. The third kappa shape index (κ3) is 3.66. The molecule has 0 bridgehead atoms. The van der Waals surface area contributed by atoms with Crippen LogP contribution < -0.4 is 5.73 Å². The molecule has 0 aliphatic carbocycles. The number of hydrogen-bond donors (Lipinski definition) is 2. The van der Waals surface area contributed by atoms with Crippen molar-refractivity contribution in [3.8, 4) is 0 Å². The van der Waals surface area contributed by atoms with Gasteiger partial charge in [0, 0.05) is 31.0 Å². The van der Waals surface area contributed by atoms with Crippen LogP contribution in [0.25, 0.3) is 0 Å². The molecule has 1 aliphatic heterocycles. The maximum Gasteiger partial charge on any atom is 0.269 e. The highest BCUT2D eigenvalue weighted by molar-refractivity contribution is 5.94. The predicted octanol–water partition coefficient (Wildman–Crippen LogP) is 2.12. The summed E-state index contributed by atoms with van der Waals surface area (Å²) in [6.45, 7) is 1.38. The molecule has 3 aromatic rings. The lowest BCUT2D eigenvalue weighted by atomic mass is 9.97. The molecular formula is C20H22N6O2. The van der Waals surface area contributed by atoms with Crippen molar-refractivity contribution in [3.05, 3.63) is 71.6 Å². The third-order valence-corrected chi connectivity index (χ3v) is 5.10. The zero-order chi connectivity index (χ0) is 19.5. The minimum Gasteiger partial charge on any atom is -0.364 e. The van der Waals surface area contributed by atoms with Crippen molar-refractivity contribution in [2.45, 2.75) is 31.8 Å². The smallest absolute Gasteiger partial charge is 0.269 e. The van der Waals surface area contributed by atoms with Crippen LogP contribution in [0.5, 0.6) is 0 Å². The van der Waals surface area contributed by atoms with Crippen LogP contribution in [-0.2, 0) is 6.54 Å². The summed E-state index contributed by atoms with van der Waals surface area (Å²) in [7, 11) is 0. The number of nitrogens with one attached hydrogen (secondary N) is 1. The number of carbonyl (C=O) groups is 2. The zero-order valence-corrected chi connectivity index (χ0v) is 15.4. The van der Waals surface area contributed by atoms with Gasteiger partial charge < -0.3 is 15.2 Å². The molecule has 0 spiro atoms. The first-order chi connectivity index (χ1) is 13.6. The van der Waals surface area contributed by atoms with Crippen LogP contribution >= 0.6 is 0 Å². The molecule has 1 atom stereocenters. The van der Waals surface area contributed by atoms with E-state index in [9.17, 15) is 9.59 Å². The van der Waals surface area contributed by atoms with Gasteiger partial charge in [-0.25, -0.2) is 4.98 Å². The average Bonchev–Trinajstić information content (AvgIpc) is 3.40. The van der Waals surface area contributed by atoms with E-state index in [-0.39, 0.29) is 17.6 Å². The topological polar surface area (TPSA) is 110 Å². The molecule has 28 heavy (non-hydrogen) atoms. The van der Waals surface area contributed by atoms with E-state index < -0.39 is 5.91 Å². The molecular weight excluding hydrogens is 356 g/mol. The lowest BCUT2D eigenvalue weighted by molar-refractivity contribution is 0.0606. The van der Waals surface area contributed by atoms with Gasteiger partial charge in [0.15, 0.2) is 0 Å². The number of rotatable bonds is 5. The number of imidazole rings is 1. The summed E-state index contributed by atoms with van der Waals surface area (Å²) >= 11 is 0. The standard InChI is InChI=1S/C20H22N6O2/c21-19(27)17-11-16(23-24-17)18-3-1-2-9-26(18)20(28)15-6-4-14(5-7-15)12-25-10-8-22-13-25/h4-8,10-11,13,18H,1-3,9,12H2,(H2,21,27)(H,23,24). The second kappa shape index (κ2) is 7.67. The Bertz CT molecular complexity index is 961. The van der Waals surface area contributed by atoms with Gasteiger partial charge in [-0.1, -0.05) is 12.1 Å². The molecule has 0 radical (unpaired) electrons. The Morgan fingerprint density at radius 3 is 2.71 bits per heavy atom. The van der Waals surface area contributed by atoms with Crippen molar-refractivity contribution in [1.29, 1.82) is 0 Å². The number of hydrogen-bond acceptors (Lipinski definition) is 4. The lowest BCUT2D eigenvalue weighted by Crippen LogP contribution is -2.38. The van der Waals surface area contributed by atoms with E-state index >= 15 is 0 Å². The van der Waals surface area contributed by atoms with Crippen LogP contribution in [0.1, 0.15) is 57.4 Å². The van der Waals surface area contributed by atoms with Crippen molar-refractivity contribution >= 4 is 11.8 Å². The molecule has 1 fully saturated rings. The Labute approximate surface area is 162 Å². The van der Waals surface area contributed by atoms with E-state index in [4.69, 9.17) is 5.73 Å². The van der Waals surface area contributed by atoms with Crippen LogP contribution in [0, 0.1) is 0 Å². The molecule has 2 aromatic heterocycles. The van der Waals surface area contributed by atoms with Crippen LogP contribution in [0.3, 0.4) is 0 Å². The van der Waals surface area contributed by atoms with Gasteiger partial charge in [-0.2, -0.15) is 5.10 Å². The molecule has 1 aliphatic rings. The fourth-order valence-electron chi connectivity index (χ4n) is 3.64. The number of likely N-dealkylation sites (tertiary alicyclic amines) is 1. The van der Waals surface area contributed by atoms with Gasteiger partial charge in [0.2, 0.25) is 0 Å². The largest absolute Gasteiger partial charge is 0.364 e. The van der Waals surface area contributed by atoms with E-state index in [1.165, 1.54) is 0 Å². The van der Waals surface area contributed by atoms with Gasteiger partial charge >= 0.3 is 0 Å². The van der Waals surface area contributed by atoms with Crippen molar-refractivity contribution in [1.82, 2.24) is 24.6 Å². The Balaban J connectivity index is 1.52. The molecule has 1 aromatic carbocycles. The van der Waals surface area contributed by atoms with E-state index in [0.29, 0.717) is 18.7 Å². The summed E-state index contributed by atoms with van der Waals surface area (Å²) in [4.78, 5) is 30.4. The number of aromatic amines is 1. The summed E-state index contributed by atoms with van der Waals surface area (Å²) in [5.74, 6) is -0.598. The van der Waals surface area contributed by atoms with Gasteiger partial charge in [0.05, 0.1) is 18.1 Å². The summed E-state index contributed by atoms with van der Waals surface area (Å²) < 4.78 is 1.98. The number of H-pyrrole nitrogens is 1. The Kier molecular flexibility index (Phi) is 4.92. The highest BCUT2D eigenvalue weighted by Gasteiger charge is 2.30. The second-order valence-corrected chi connectivity index (χ2v) is 7.01. The number of aromatic nitrogens is 4. The minimum absolute atomic E-state index is 0.0193. The highest BCUT2D eigenvalue weighted by Crippen LogP contribution is 2.31. The van der Waals surface area contributed by atoms with Crippen molar-refractivity contribution in [3.63, 3.8) is 0 Å². The number of primary amides is 1. The third-order valence-electron chi connectivity index (χ3n) is 5.10. The first-order valence-corrected chi connectivity index (χ1v) is 9.32. The quantitative estimate of drug-likeness (QED) is 0.708. The minimum atomic E-state index is -0.579. The maximum atomic E-state index is 13.1. The summed E-state index contributed by atoms with van der Waals surface area (Å²) in [5, 5.41) is 6.83. The van der Waals surface area contributed by atoms with E-state index in [2.05, 4.69) is 15.2 Å². The maximum absolute atomic E-state index is 13.1. The Morgan fingerprint density at radius 1 is 1.21 bits per heavy atom. The number of benzene rings is 1. The van der Waals surface area contributed by atoms with Crippen molar-refractivity contribution < 1.29 is 9.59 Å². The summed E-state index contributed by atoms with van der Waals surface area (Å²) in [6, 6.07) is 9.17. The van der Waals surface area contributed by atoms with Crippen LogP contribution in [0.15, 0.2) is 49.1 Å². The van der Waals surface area contributed by atoms with Crippen molar-refractivity contribution in [2.24, 2.45) is 5.73 Å². The van der Waals surface area contributed by atoms with Crippen LogP contribution in [-0.4, -0.2) is 43.0 Å². The molecule has 1 saturated heterocycles. The molecule has 8 nitrogen and oxygen atoms in total. The van der Waals surface area contributed by atoms with Crippen molar-refractivity contribution in [2.75, 3.05) is 6.54 Å². The molecule has 8 heteroatoms. The number of nitrogens with zero attached hydrogens (tertiary/aromatic N) is 4. The number of nitrogens with two attached hydrogens (primary N) is 1.